The first-order valence-corrected chi connectivity index (χ1v) is 13.1. The number of hydrogen-bond acceptors (Lipinski definition) is 3. The predicted octanol–water partition coefficient (Wildman–Crippen LogP) is 7.28. The number of aryl methyl sites for hydroxylation is 1. The van der Waals surface area contributed by atoms with Crippen LogP contribution in [0.15, 0.2) is 91.3 Å². The van der Waals surface area contributed by atoms with Gasteiger partial charge in [0.1, 0.15) is 17.5 Å². The second-order valence-corrected chi connectivity index (χ2v) is 10.0. The van der Waals surface area contributed by atoms with Crippen LogP contribution >= 0.6 is 12.2 Å². The minimum absolute atomic E-state index is 0.00821. The van der Waals surface area contributed by atoms with Crippen LogP contribution in [0.4, 0.5) is 5.69 Å². The topological polar surface area (TPSA) is 42.3 Å². The van der Waals surface area contributed by atoms with Gasteiger partial charge in [-0.05, 0) is 92.1 Å². The standard InChI is InChI=1S/C30H30N4OS/c1-21-9-2-5-14-27(21)35-24-17-15-23(16-18-24)34-29(26-13-8-20-33(26)22-10-3-4-11-22)28(32-30(34)36)25-12-6-7-19-31-25/h2,5-9,12-20,22,28-29H,3-4,10-11H2,1H3,(H,32,36)/t28-,29+/m0/s1. The fraction of sp³-hybridized carbons (Fsp3) is 0.267. The highest BCUT2D eigenvalue weighted by atomic mass is 32.1. The molecule has 6 heteroatoms. The SMILES string of the molecule is Cc1ccccc1Oc1ccc(N2C(=S)N[C@@H](c3ccccn3)[C@H]2c2cccn2C2CCCC2)cc1. The Hall–Kier alpha value is -3.64. The predicted molar refractivity (Wildman–Crippen MR) is 148 cm³/mol. The van der Waals surface area contributed by atoms with E-state index in [1.54, 1.807) is 0 Å². The van der Waals surface area contributed by atoms with E-state index in [9.17, 15) is 0 Å². The van der Waals surface area contributed by atoms with Crippen LogP contribution in [0.3, 0.4) is 0 Å². The number of nitrogens with one attached hydrogen (secondary N) is 1. The number of benzene rings is 2. The number of rotatable bonds is 6. The lowest BCUT2D eigenvalue weighted by atomic mass is 10.00. The molecule has 2 aliphatic rings. The number of anilines is 1. The molecule has 5 nitrogen and oxygen atoms in total. The second-order valence-electron chi connectivity index (χ2n) is 9.64. The van der Waals surface area contributed by atoms with Crippen LogP contribution in [0, 0.1) is 6.92 Å². The Labute approximate surface area is 217 Å². The fourth-order valence-corrected chi connectivity index (χ4v) is 5.92. The molecule has 2 atom stereocenters. The Bertz CT molecular complexity index is 1340. The largest absolute Gasteiger partial charge is 0.457 e. The summed E-state index contributed by atoms with van der Waals surface area (Å²) >= 11 is 5.93. The van der Waals surface area contributed by atoms with Gasteiger partial charge in [-0.15, -0.1) is 0 Å². The van der Waals surface area contributed by atoms with Crippen LogP contribution in [0.2, 0.25) is 0 Å². The fourth-order valence-electron chi connectivity index (χ4n) is 5.58. The lowest BCUT2D eigenvalue weighted by Crippen LogP contribution is -2.30. The summed E-state index contributed by atoms with van der Waals surface area (Å²) in [5.74, 6) is 1.67. The molecule has 1 aliphatic carbocycles. The van der Waals surface area contributed by atoms with E-state index in [4.69, 9.17) is 21.9 Å². The Morgan fingerprint density at radius 3 is 2.44 bits per heavy atom. The molecular weight excluding hydrogens is 464 g/mol. The van der Waals surface area contributed by atoms with Gasteiger partial charge in [-0.25, -0.2) is 0 Å². The van der Waals surface area contributed by atoms with Crippen molar-refractivity contribution in [2.45, 2.75) is 50.7 Å². The first kappa shape index (κ1) is 22.8. The lowest BCUT2D eigenvalue weighted by Gasteiger charge is -2.30. The van der Waals surface area contributed by atoms with Gasteiger partial charge in [-0.1, -0.05) is 37.1 Å². The van der Waals surface area contributed by atoms with Crippen LogP contribution in [0.1, 0.15) is 60.8 Å². The molecule has 2 fully saturated rings. The summed E-state index contributed by atoms with van der Waals surface area (Å²) in [6, 6.07) is 27.3. The molecule has 1 N–H and O–H groups in total. The maximum Gasteiger partial charge on any atom is 0.174 e. The van der Waals surface area contributed by atoms with Gasteiger partial charge >= 0.3 is 0 Å². The summed E-state index contributed by atoms with van der Waals surface area (Å²) < 4.78 is 8.63. The van der Waals surface area contributed by atoms with E-state index in [1.165, 1.54) is 31.4 Å². The van der Waals surface area contributed by atoms with E-state index in [2.05, 4.69) is 64.3 Å². The average molecular weight is 495 g/mol. The van der Waals surface area contributed by atoms with E-state index in [-0.39, 0.29) is 12.1 Å². The minimum Gasteiger partial charge on any atom is -0.457 e. The second kappa shape index (κ2) is 9.78. The smallest absolute Gasteiger partial charge is 0.174 e. The highest BCUT2D eigenvalue weighted by molar-refractivity contribution is 7.80. The van der Waals surface area contributed by atoms with Gasteiger partial charge in [0.2, 0.25) is 0 Å². The van der Waals surface area contributed by atoms with Gasteiger partial charge in [-0.2, -0.15) is 0 Å². The van der Waals surface area contributed by atoms with E-state index < -0.39 is 0 Å². The zero-order valence-corrected chi connectivity index (χ0v) is 21.2. The molecule has 1 aliphatic heterocycles. The van der Waals surface area contributed by atoms with Crippen molar-refractivity contribution in [3.05, 3.63) is 108 Å². The molecule has 182 valence electrons. The van der Waals surface area contributed by atoms with E-state index in [0.717, 1.165) is 28.4 Å². The lowest BCUT2D eigenvalue weighted by molar-refractivity contribution is 0.461. The summed E-state index contributed by atoms with van der Waals surface area (Å²) in [6.07, 6.45) is 9.13. The molecule has 2 aromatic heterocycles. The number of aromatic nitrogens is 2. The van der Waals surface area contributed by atoms with Gasteiger partial charge in [0, 0.05) is 29.8 Å². The molecule has 1 saturated carbocycles. The Morgan fingerprint density at radius 2 is 1.69 bits per heavy atom. The first-order chi connectivity index (χ1) is 17.7. The minimum atomic E-state index is -0.0448. The monoisotopic (exact) mass is 494 g/mol. The quantitative estimate of drug-likeness (QED) is 0.285. The number of thiocarbonyl (C=S) groups is 1. The van der Waals surface area contributed by atoms with E-state index in [0.29, 0.717) is 11.2 Å². The third-order valence-corrected chi connectivity index (χ3v) is 7.68. The van der Waals surface area contributed by atoms with Gasteiger partial charge in [-0.3, -0.25) is 4.98 Å². The molecule has 0 bridgehead atoms. The van der Waals surface area contributed by atoms with Gasteiger partial charge in [0.15, 0.2) is 5.11 Å². The van der Waals surface area contributed by atoms with Gasteiger partial charge < -0.3 is 19.5 Å². The molecule has 0 spiro atoms. The number of hydrogen-bond donors (Lipinski definition) is 1. The molecule has 4 aromatic rings. The summed E-state index contributed by atoms with van der Waals surface area (Å²) in [7, 11) is 0. The number of pyridine rings is 1. The zero-order chi connectivity index (χ0) is 24.5. The van der Waals surface area contributed by atoms with Crippen molar-refractivity contribution in [1.29, 1.82) is 0 Å². The maximum absolute atomic E-state index is 6.15. The van der Waals surface area contributed by atoms with Crippen LogP contribution < -0.4 is 15.0 Å². The summed E-state index contributed by atoms with van der Waals surface area (Å²) in [4.78, 5) is 6.94. The van der Waals surface area contributed by atoms with Crippen molar-refractivity contribution in [2.75, 3.05) is 4.90 Å². The highest BCUT2D eigenvalue weighted by Crippen LogP contribution is 2.44. The summed E-state index contributed by atoms with van der Waals surface area (Å²) in [6.45, 7) is 2.06. The van der Waals surface area contributed by atoms with E-state index in [1.807, 2.05) is 48.7 Å². The molecule has 36 heavy (non-hydrogen) atoms. The third kappa shape index (κ3) is 4.26. The summed E-state index contributed by atoms with van der Waals surface area (Å²) in [5.41, 5.74) is 4.40. The van der Waals surface area contributed by atoms with Crippen molar-refractivity contribution in [3.63, 3.8) is 0 Å². The van der Waals surface area contributed by atoms with Crippen molar-refractivity contribution >= 4 is 23.0 Å². The van der Waals surface area contributed by atoms with Crippen molar-refractivity contribution in [1.82, 2.24) is 14.9 Å². The van der Waals surface area contributed by atoms with E-state index >= 15 is 0 Å². The van der Waals surface area contributed by atoms with Crippen LogP contribution in [0.25, 0.3) is 0 Å². The van der Waals surface area contributed by atoms with Crippen LogP contribution in [-0.4, -0.2) is 14.7 Å². The molecular formula is C30H30N4OS. The van der Waals surface area contributed by atoms with Gasteiger partial charge in [0.05, 0.1) is 11.7 Å². The number of nitrogens with zero attached hydrogens (tertiary/aromatic N) is 3. The Balaban J connectivity index is 1.36. The van der Waals surface area contributed by atoms with Gasteiger partial charge in [0.25, 0.3) is 0 Å². The third-order valence-electron chi connectivity index (χ3n) is 7.37. The molecule has 3 heterocycles. The number of para-hydroxylation sites is 1. The zero-order valence-electron chi connectivity index (χ0n) is 20.4. The Morgan fingerprint density at radius 1 is 0.917 bits per heavy atom. The van der Waals surface area contributed by atoms with Crippen molar-refractivity contribution < 1.29 is 4.74 Å². The molecule has 0 unspecified atom stereocenters. The van der Waals surface area contributed by atoms with Crippen molar-refractivity contribution in [2.24, 2.45) is 0 Å². The van der Waals surface area contributed by atoms with Crippen LogP contribution in [0.5, 0.6) is 11.5 Å². The molecule has 6 rings (SSSR count). The van der Waals surface area contributed by atoms with Crippen molar-refractivity contribution in [3.8, 4) is 11.5 Å². The molecule has 1 saturated heterocycles. The normalized spacial score (nSPS) is 20.0. The Kier molecular flexibility index (Phi) is 6.20. The average Bonchev–Trinajstić information content (AvgIpc) is 3.66. The first-order valence-electron chi connectivity index (χ1n) is 12.7. The molecule has 0 radical (unpaired) electrons. The van der Waals surface area contributed by atoms with Crippen LogP contribution in [-0.2, 0) is 0 Å². The number of ether oxygens (including phenoxy) is 1. The maximum atomic E-state index is 6.15. The molecule has 2 aromatic carbocycles. The summed E-state index contributed by atoms with van der Waals surface area (Å²) in [5, 5.41) is 4.30. The highest BCUT2D eigenvalue weighted by Gasteiger charge is 2.42. The molecule has 0 amide bonds.